The van der Waals surface area contributed by atoms with E-state index in [2.05, 4.69) is 0 Å². The molecule has 1 unspecified atom stereocenters. The first-order valence-electron chi connectivity index (χ1n) is 9.33. The Morgan fingerprint density at radius 1 is 1.26 bits per heavy atom. The van der Waals surface area contributed by atoms with Crippen molar-refractivity contribution in [2.24, 2.45) is 5.92 Å². The van der Waals surface area contributed by atoms with E-state index < -0.39 is 17.9 Å². The highest BCUT2D eigenvalue weighted by Gasteiger charge is 2.33. The number of fused-ring (bicyclic) bond motifs is 1. The van der Waals surface area contributed by atoms with Crippen LogP contribution in [0.1, 0.15) is 75.6 Å². The summed E-state index contributed by atoms with van der Waals surface area (Å²) in [5.74, 6) is -2.50. The minimum atomic E-state index is -1.12. The topological polar surface area (TPSA) is 101 Å². The molecule has 27 heavy (non-hydrogen) atoms. The van der Waals surface area contributed by atoms with Gasteiger partial charge in [0.1, 0.15) is 6.61 Å². The molecule has 1 heterocycles. The van der Waals surface area contributed by atoms with Crippen molar-refractivity contribution in [2.75, 3.05) is 0 Å². The van der Waals surface area contributed by atoms with Crippen LogP contribution in [0.5, 0.6) is 0 Å². The number of aliphatic carboxylic acids is 1. The number of hydrogen-bond acceptors (Lipinski definition) is 4. The number of hydrogen-bond donors (Lipinski definition) is 2. The van der Waals surface area contributed by atoms with E-state index >= 15 is 0 Å². The van der Waals surface area contributed by atoms with Crippen molar-refractivity contribution in [3.05, 3.63) is 45.0 Å². The van der Waals surface area contributed by atoms with Crippen LogP contribution < -0.4 is 0 Å². The van der Waals surface area contributed by atoms with Gasteiger partial charge in [-0.1, -0.05) is 18.6 Å². The normalized spacial score (nSPS) is 20.0. The zero-order chi connectivity index (χ0) is 19.7. The molecule has 1 atom stereocenters. The molecule has 6 heteroatoms. The van der Waals surface area contributed by atoms with Crippen LogP contribution in [0.4, 0.5) is 0 Å². The number of esters is 1. The highest BCUT2D eigenvalue weighted by Crippen LogP contribution is 2.37. The third-order valence-corrected chi connectivity index (χ3v) is 5.77. The molecular weight excluding hydrogens is 348 g/mol. The van der Waals surface area contributed by atoms with E-state index in [9.17, 15) is 19.5 Å². The van der Waals surface area contributed by atoms with Gasteiger partial charge in [0.25, 0.3) is 0 Å². The van der Waals surface area contributed by atoms with Crippen molar-refractivity contribution in [3.8, 4) is 0 Å². The van der Waals surface area contributed by atoms with Crippen molar-refractivity contribution < 1.29 is 29.3 Å². The Morgan fingerprint density at radius 3 is 2.63 bits per heavy atom. The second kappa shape index (κ2) is 7.55. The van der Waals surface area contributed by atoms with Crippen LogP contribution in [0.3, 0.4) is 0 Å². The third kappa shape index (κ3) is 3.48. The van der Waals surface area contributed by atoms with E-state index in [-0.39, 0.29) is 30.1 Å². The van der Waals surface area contributed by atoms with Crippen LogP contribution in [0.25, 0.3) is 0 Å². The average molecular weight is 372 g/mol. The van der Waals surface area contributed by atoms with Gasteiger partial charge < -0.3 is 14.9 Å². The lowest BCUT2D eigenvalue weighted by Crippen LogP contribution is -2.15. The van der Waals surface area contributed by atoms with E-state index in [1.807, 2.05) is 19.9 Å². The quantitative estimate of drug-likeness (QED) is 0.584. The summed E-state index contributed by atoms with van der Waals surface area (Å²) in [6, 6.07) is 0. The highest BCUT2D eigenvalue weighted by molar-refractivity contribution is 6.06. The summed E-state index contributed by atoms with van der Waals surface area (Å²) in [5.41, 5.74) is 4.48. The molecule has 1 saturated carbocycles. The predicted molar refractivity (Wildman–Crippen MR) is 98.0 cm³/mol. The molecule has 0 bridgehead atoms. The summed E-state index contributed by atoms with van der Waals surface area (Å²) in [6.45, 7) is 4.00. The number of benzene rings is 1. The summed E-state index contributed by atoms with van der Waals surface area (Å²) < 4.78 is 5.11. The number of rotatable bonds is 6. The first-order chi connectivity index (χ1) is 12.8. The van der Waals surface area contributed by atoms with Crippen LogP contribution in [0.2, 0.25) is 0 Å². The predicted octanol–water partition coefficient (Wildman–Crippen LogP) is 3.67. The molecule has 1 aliphatic carbocycles. The fourth-order valence-corrected chi connectivity index (χ4v) is 4.49. The zero-order valence-corrected chi connectivity index (χ0v) is 15.6. The van der Waals surface area contributed by atoms with Gasteiger partial charge in [0.15, 0.2) is 0 Å². The van der Waals surface area contributed by atoms with Crippen LogP contribution in [0.15, 0.2) is 11.6 Å². The fourth-order valence-electron chi connectivity index (χ4n) is 4.49. The molecule has 1 aliphatic heterocycles. The zero-order valence-electron chi connectivity index (χ0n) is 15.6. The van der Waals surface area contributed by atoms with Crippen LogP contribution in [-0.2, 0) is 29.0 Å². The molecular formula is C21H24O6. The van der Waals surface area contributed by atoms with Gasteiger partial charge in [0.05, 0.1) is 17.5 Å². The number of aromatic carboxylic acids is 1. The maximum absolute atomic E-state index is 12.2. The molecule has 0 amide bonds. The van der Waals surface area contributed by atoms with Crippen molar-refractivity contribution in [1.29, 1.82) is 0 Å². The van der Waals surface area contributed by atoms with Crippen molar-refractivity contribution >= 4 is 17.9 Å². The monoisotopic (exact) mass is 372 g/mol. The van der Waals surface area contributed by atoms with Crippen LogP contribution in [0, 0.1) is 12.8 Å². The fraction of sp³-hybridized carbons (Fsp3) is 0.476. The summed E-state index contributed by atoms with van der Waals surface area (Å²) >= 11 is 0. The number of allylic oxidation sites excluding steroid dienone is 2. The first-order valence-corrected chi connectivity index (χ1v) is 9.33. The molecule has 6 nitrogen and oxygen atoms in total. The Hall–Kier alpha value is -2.63. The van der Waals surface area contributed by atoms with Gasteiger partial charge in [0, 0.05) is 5.56 Å². The highest BCUT2D eigenvalue weighted by atomic mass is 16.5. The van der Waals surface area contributed by atoms with Gasteiger partial charge >= 0.3 is 17.9 Å². The molecule has 1 aromatic carbocycles. The number of carboxylic acids is 2. The number of carbonyl (C=O) groups is 3. The molecule has 144 valence electrons. The average Bonchev–Trinajstić information content (AvgIpc) is 3.19. The maximum atomic E-state index is 12.2. The maximum Gasteiger partial charge on any atom is 0.339 e. The minimum Gasteiger partial charge on any atom is -0.481 e. The van der Waals surface area contributed by atoms with E-state index in [4.69, 9.17) is 9.84 Å². The van der Waals surface area contributed by atoms with E-state index in [1.165, 1.54) is 0 Å². The Kier molecular flexibility index (Phi) is 5.35. The first kappa shape index (κ1) is 19.1. The van der Waals surface area contributed by atoms with Gasteiger partial charge in [-0.2, -0.15) is 0 Å². The molecule has 2 N–H and O–H groups in total. The molecule has 0 saturated heterocycles. The minimum absolute atomic E-state index is 0.0151. The Labute approximate surface area is 157 Å². The SMILES string of the molecule is CCc1c(C)c2c(c(C(=O)O)c1C/C=C1\CCCC1CC(=O)O)C(=O)OC2. The third-order valence-electron chi connectivity index (χ3n) is 5.77. The Morgan fingerprint density at radius 2 is 2.00 bits per heavy atom. The van der Waals surface area contributed by atoms with E-state index in [0.29, 0.717) is 24.0 Å². The molecule has 0 aromatic heterocycles. The van der Waals surface area contributed by atoms with Gasteiger partial charge in [-0.25, -0.2) is 9.59 Å². The lowest BCUT2D eigenvalue weighted by Gasteiger charge is -2.18. The standard InChI is InChI=1S/C21H24O6/c1-3-14-11(2)16-10-27-21(26)19(16)18(20(24)25)15(14)8-7-12-5-4-6-13(12)9-17(22)23/h7,13H,3-6,8-10H2,1-2H3,(H,22,23)(H,24,25)/b12-7+. The van der Waals surface area contributed by atoms with Gasteiger partial charge in [-0.15, -0.1) is 0 Å². The molecule has 0 spiro atoms. The largest absolute Gasteiger partial charge is 0.481 e. The smallest absolute Gasteiger partial charge is 0.339 e. The summed E-state index contributed by atoms with van der Waals surface area (Å²) in [6.07, 6.45) is 5.77. The summed E-state index contributed by atoms with van der Waals surface area (Å²) in [7, 11) is 0. The number of ether oxygens (including phenoxy) is 1. The molecule has 1 aromatic rings. The van der Waals surface area contributed by atoms with Gasteiger partial charge in [-0.3, -0.25) is 4.79 Å². The number of carbonyl (C=O) groups excluding carboxylic acids is 1. The Balaban J connectivity index is 2.07. The molecule has 2 aliphatic rings. The van der Waals surface area contributed by atoms with Gasteiger partial charge in [-0.05, 0) is 61.6 Å². The lowest BCUT2D eigenvalue weighted by molar-refractivity contribution is -0.137. The second-order valence-corrected chi connectivity index (χ2v) is 7.22. The van der Waals surface area contributed by atoms with Crippen molar-refractivity contribution in [3.63, 3.8) is 0 Å². The second-order valence-electron chi connectivity index (χ2n) is 7.22. The van der Waals surface area contributed by atoms with Crippen molar-refractivity contribution in [2.45, 2.75) is 59.0 Å². The summed E-state index contributed by atoms with van der Waals surface area (Å²) in [4.78, 5) is 35.2. The van der Waals surface area contributed by atoms with Gasteiger partial charge in [0.2, 0.25) is 0 Å². The summed E-state index contributed by atoms with van der Waals surface area (Å²) in [5, 5.41) is 18.9. The van der Waals surface area contributed by atoms with Crippen LogP contribution >= 0.6 is 0 Å². The molecule has 0 radical (unpaired) electrons. The van der Waals surface area contributed by atoms with E-state index in [1.54, 1.807) is 0 Å². The van der Waals surface area contributed by atoms with E-state index in [0.717, 1.165) is 36.0 Å². The molecule has 3 rings (SSSR count). The lowest BCUT2D eigenvalue weighted by atomic mass is 9.85. The van der Waals surface area contributed by atoms with Crippen molar-refractivity contribution in [1.82, 2.24) is 0 Å². The molecule has 1 fully saturated rings. The number of carboxylic acid groups (broad SMARTS) is 2. The van der Waals surface area contributed by atoms with Crippen LogP contribution in [-0.4, -0.2) is 28.1 Å². The Bertz CT molecular complexity index is 849. The number of cyclic esters (lactones) is 1.